The summed E-state index contributed by atoms with van der Waals surface area (Å²) in [4.78, 5) is 14.2. The standard InChI is InChI=1S/C25H32N2O3S/c1-5-26(6-2)19(3)21-7-9-23(10-8-21)24-11-13-25(14-12-24)31(29,30)27-17-15-22(16-18-27)20(4)28/h7-15,19H,5-6,16-18H2,1-4H3. The molecule has 0 aliphatic carbocycles. The molecule has 0 saturated carbocycles. The van der Waals surface area contributed by atoms with Crippen molar-refractivity contribution < 1.29 is 13.2 Å². The zero-order valence-corrected chi connectivity index (χ0v) is 19.7. The molecule has 1 heterocycles. The lowest BCUT2D eigenvalue weighted by molar-refractivity contribution is -0.113. The van der Waals surface area contributed by atoms with E-state index in [1.54, 1.807) is 18.2 Å². The van der Waals surface area contributed by atoms with E-state index in [4.69, 9.17) is 0 Å². The van der Waals surface area contributed by atoms with Crippen molar-refractivity contribution in [3.63, 3.8) is 0 Å². The van der Waals surface area contributed by atoms with E-state index in [9.17, 15) is 13.2 Å². The molecule has 0 N–H and O–H groups in total. The summed E-state index contributed by atoms with van der Waals surface area (Å²) in [7, 11) is -3.57. The molecular weight excluding hydrogens is 408 g/mol. The van der Waals surface area contributed by atoms with E-state index in [0.29, 0.717) is 24.6 Å². The number of hydrogen-bond acceptors (Lipinski definition) is 4. The van der Waals surface area contributed by atoms with Crippen molar-refractivity contribution in [2.24, 2.45) is 0 Å². The Balaban J connectivity index is 1.75. The molecule has 166 valence electrons. The highest BCUT2D eigenvalue weighted by molar-refractivity contribution is 7.89. The molecule has 2 aromatic carbocycles. The second-order valence-electron chi connectivity index (χ2n) is 7.94. The first-order chi connectivity index (χ1) is 14.8. The molecule has 1 aliphatic rings. The van der Waals surface area contributed by atoms with Gasteiger partial charge in [0, 0.05) is 19.1 Å². The lowest BCUT2D eigenvalue weighted by Gasteiger charge is -2.26. The van der Waals surface area contributed by atoms with Gasteiger partial charge in [-0.1, -0.05) is 56.3 Å². The monoisotopic (exact) mass is 440 g/mol. The zero-order valence-electron chi connectivity index (χ0n) is 18.8. The van der Waals surface area contributed by atoms with Gasteiger partial charge in [0.05, 0.1) is 4.90 Å². The minimum Gasteiger partial charge on any atom is -0.297 e. The average molecular weight is 441 g/mol. The SMILES string of the molecule is CCN(CC)C(C)c1ccc(-c2ccc(S(=O)(=O)N3CC=C(C(C)=O)CC3)cc2)cc1. The fraction of sp³-hybridized carbons (Fsp3) is 0.400. The maximum Gasteiger partial charge on any atom is 0.243 e. The maximum absolute atomic E-state index is 13.0. The van der Waals surface area contributed by atoms with Gasteiger partial charge >= 0.3 is 0 Å². The number of carbonyl (C=O) groups is 1. The summed E-state index contributed by atoms with van der Waals surface area (Å²) in [5, 5.41) is 0. The van der Waals surface area contributed by atoms with Gasteiger partial charge in [0.1, 0.15) is 0 Å². The Morgan fingerprint density at radius 2 is 1.55 bits per heavy atom. The molecule has 3 rings (SSSR count). The summed E-state index contributed by atoms with van der Waals surface area (Å²) in [6.45, 7) is 10.7. The van der Waals surface area contributed by atoms with Crippen LogP contribution in [-0.2, 0) is 14.8 Å². The maximum atomic E-state index is 13.0. The summed E-state index contributed by atoms with van der Waals surface area (Å²) in [6.07, 6.45) is 2.18. The van der Waals surface area contributed by atoms with Crippen LogP contribution in [0.2, 0.25) is 0 Å². The summed E-state index contributed by atoms with van der Waals surface area (Å²) < 4.78 is 27.3. The van der Waals surface area contributed by atoms with Crippen molar-refractivity contribution in [3.05, 3.63) is 65.7 Å². The van der Waals surface area contributed by atoms with Gasteiger partial charge in [0.25, 0.3) is 0 Å². The fourth-order valence-corrected chi connectivity index (χ4v) is 5.47. The predicted molar refractivity (Wildman–Crippen MR) is 125 cm³/mol. The van der Waals surface area contributed by atoms with Crippen molar-refractivity contribution in [2.45, 2.75) is 45.1 Å². The normalized spacial score (nSPS) is 16.2. The van der Waals surface area contributed by atoms with Gasteiger partial charge in [-0.25, -0.2) is 8.42 Å². The second-order valence-corrected chi connectivity index (χ2v) is 9.88. The van der Waals surface area contributed by atoms with Crippen LogP contribution in [0.15, 0.2) is 65.1 Å². The van der Waals surface area contributed by atoms with E-state index in [1.165, 1.54) is 16.8 Å². The average Bonchev–Trinajstić information content (AvgIpc) is 2.80. The van der Waals surface area contributed by atoms with Crippen LogP contribution >= 0.6 is 0 Å². The van der Waals surface area contributed by atoms with Gasteiger partial charge in [-0.3, -0.25) is 9.69 Å². The van der Waals surface area contributed by atoms with Gasteiger partial charge in [0.15, 0.2) is 5.78 Å². The number of carbonyl (C=O) groups excluding carboxylic acids is 1. The Hall–Kier alpha value is -2.28. The Kier molecular flexibility index (Phi) is 7.46. The number of ketones is 1. The molecule has 0 saturated heterocycles. The quantitative estimate of drug-likeness (QED) is 0.599. The Morgan fingerprint density at radius 1 is 1.00 bits per heavy atom. The molecule has 6 heteroatoms. The molecule has 0 amide bonds. The minimum absolute atomic E-state index is 0.0129. The van der Waals surface area contributed by atoms with E-state index in [1.807, 2.05) is 12.1 Å². The Labute approximate surface area is 186 Å². The summed E-state index contributed by atoms with van der Waals surface area (Å²) in [5.74, 6) is 0.0129. The number of nitrogens with zero attached hydrogens (tertiary/aromatic N) is 2. The molecule has 0 spiro atoms. The largest absolute Gasteiger partial charge is 0.297 e. The third kappa shape index (κ3) is 5.14. The fourth-order valence-electron chi connectivity index (χ4n) is 4.09. The molecule has 0 aromatic heterocycles. The summed E-state index contributed by atoms with van der Waals surface area (Å²) in [5.41, 5.74) is 4.03. The number of rotatable bonds is 8. The van der Waals surface area contributed by atoms with E-state index < -0.39 is 10.0 Å². The van der Waals surface area contributed by atoms with E-state index in [-0.39, 0.29) is 17.2 Å². The van der Waals surface area contributed by atoms with Crippen molar-refractivity contribution in [2.75, 3.05) is 26.2 Å². The van der Waals surface area contributed by atoms with Crippen molar-refractivity contribution in [1.82, 2.24) is 9.21 Å². The lowest BCUT2D eigenvalue weighted by Crippen LogP contribution is -2.35. The molecule has 1 unspecified atom stereocenters. The lowest BCUT2D eigenvalue weighted by atomic mass is 10.0. The highest BCUT2D eigenvalue weighted by Crippen LogP contribution is 2.27. The second kappa shape index (κ2) is 9.90. The van der Waals surface area contributed by atoms with Crippen molar-refractivity contribution in [3.8, 4) is 11.1 Å². The van der Waals surface area contributed by atoms with Crippen LogP contribution in [0, 0.1) is 0 Å². The van der Waals surface area contributed by atoms with Crippen molar-refractivity contribution >= 4 is 15.8 Å². The highest BCUT2D eigenvalue weighted by Gasteiger charge is 2.26. The molecule has 5 nitrogen and oxygen atoms in total. The molecule has 0 fully saturated rings. The Morgan fingerprint density at radius 3 is 2.00 bits per heavy atom. The van der Waals surface area contributed by atoms with E-state index in [2.05, 4.69) is 49.9 Å². The Bertz CT molecular complexity index is 1040. The van der Waals surface area contributed by atoms with Crippen LogP contribution in [0.4, 0.5) is 0 Å². The first kappa shape index (κ1) is 23.4. The molecule has 31 heavy (non-hydrogen) atoms. The van der Waals surface area contributed by atoms with Gasteiger partial charge < -0.3 is 0 Å². The van der Waals surface area contributed by atoms with Crippen molar-refractivity contribution in [1.29, 1.82) is 0 Å². The third-order valence-corrected chi connectivity index (χ3v) is 8.08. The van der Waals surface area contributed by atoms with E-state index >= 15 is 0 Å². The van der Waals surface area contributed by atoms with E-state index in [0.717, 1.165) is 24.2 Å². The number of benzene rings is 2. The first-order valence-electron chi connectivity index (χ1n) is 10.9. The zero-order chi connectivity index (χ0) is 22.6. The summed E-state index contributed by atoms with van der Waals surface area (Å²) >= 11 is 0. The molecule has 0 bridgehead atoms. The smallest absolute Gasteiger partial charge is 0.243 e. The minimum atomic E-state index is -3.57. The summed E-state index contributed by atoms with van der Waals surface area (Å²) in [6, 6.07) is 15.9. The van der Waals surface area contributed by atoms with Crippen LogP contribution in [0.5, 0.6) is 0 Å². The van der Waals surface area contributed by atoms with Gasteiger partial charge in [0.2, 0.25) is 10.0 Å². The molecule has 2 aromatic rings. The predicted octanol–water partition coefficient (Wildman–Crippen LogP) is 4.67. The van der Waals surface area contributed by atoms with Gasteiger partial charge in [-0.15, -0.1) is 0 Å². The topological polar surface area (TPSA) is 57.7 Å². The van der Waals surface area contributed by atoms with Crippen LogP contribution in [-0.4, -0.2) is 49.6 Å². The molecular formula is C25H32N2O3S. The third-order valence-electron chi connectivity index (χ3n) is 6.20. The molecule has 0 radical (unpaired) electrons. The van der Waals surface area contributed by atoms with Crippen LogP contribution in [0.3, 0.4) is 0 Å². The van der Waals surface area contributed by atoms with Gasteiger partial charge in [-0.05, 0) is 67.8 Å². The van der Waals surface area contributed by atoms with Crippen LogP contribution in [0.25, 0.3) is 11.1 Å². The van der Waals surface area contributed by atoms with Crippen LogP contribution in [0.1, 0.15) is 45.7 Å². The van der Waals surface area contributed by atoms with Gasteiger partial charge in [-0.2, -0.15) is 4.31 Å². The first-order valence-corrected chi connectivity index (χ1v) is 12.4. The molecule has 1 aliphatic heterocycles. The highest BCUT2D eigenvalue weighted by atomic mass is 32.2. The number of Topliss-reactive ketones (excluding diaryl/α,β-unsaturated/α-hetero) is 1. The number of sulfonamides is 1. The molecule has 1 atom stereocenters. The van der Waals surface area contributed by atoms with Crippen LogP contribution < -0.4 is 0 Å². The number of hydrogen-bond donors (Lipinski definition) is 0.